The summed E-state index contributed by atoms with van der Waals surface area (Å²) in [6.07, 6.45) is -4.80. The van der Waals surface area contributed by atoms with Crippen LogP contribution < -0.4 is 14.8 Å². The molecule has 0 aliphatic rings. The number of ether oxygens (including phenoxy) is 2. The van der Waals surface area contributed by atoms with E-state index in [-0.39, 0.29) is 17.0 Å². The van der Waals surface area contributed by atoms with Gasteiger partial charge in [0.25, 0.3) is 5.91 Å². The highest BCUT2D eigenvalue weighted by Gasteiger charge is 2.30. The Morgan fingerprint density at radius 2 is 1.46 bits per heavy atom. The molecule has 24 heavy (non-hydrogen) atoms. The number of hydrogen-bond acceptors (Lipinski definition) is 3. The van der Waals surface area contributed by atoms with Crippen LogP contribution in [-0.2, 0) is 0 Å². The molecule has 0 unspecified atom stereocenters. The van der Waals surface area contributed by atoms with Crippen molar-refractivity contribution >= 4 is 11.6 Å². The maximum absolute atomic E-state index is 12.0. The zero-order chi connectivity index (χ0) is 17.7. The van der Waals surface area contributed by atoms with Gasteiger partial charge in [0.2, 0.25) is 0 Å². The van der Waals surface area contributed by atoms with Crippen molar-refractivity contribution in [2.75, 3.05) is 5.32 Å². The Hall–Kier alpha value is -2.84. The molecule has 2 aromatic carbocycles. The van der Waals surface area contributed by atoms with Crippen molar-refractivity contribution in [2.45, 2.75) is 13.0 Å². The predicted octanol–water partition coefficient (Wildman–Crippen LogP) is 4.44. The molecule has 0 radical (unpaired) electrons. The number of amides is 1. The van der Waals surface area contributed by atoms with Crippen LogP contribution in [0.15, 0.2) is 48.5 Å². The van der Waals surface area contributed by atoms with Crippen LogP contribution in [0, 0.1) is 0 Å². The second-order valence-corrected chi connectivity index (χ2v) is 4.43. The number of benzene rings is 2. The molecule has 0 saturated carbocycles. The van der Waals surface area contributed by atoms with Gasteiger partial charge in [-0.05, 0) is 48.5 Å². The SMILES string of the molecule is O=C(Nc1ccc(OC(F)(F)F)cc1)c1ccc(OC(F)F)cc1. The Labute approximate surface area is 132 Å². The first-order valence-electron chi connectivity index (χ1n) is 6.45. The monoisotopic (exact) mass is 347 g/mol. The first-order chi connectivity index (χ1) is 11.2. The molecule has 0 heterocycles. The van der Waals surface area contributed by atoms with Crippen LogP contribution in [-0.4, -0.2) is 18.9 Å². The number of hydrogen-bond donors (Lipinski definition) is 1. The van der Waals surface area contributed by atoms with E-state index in [9.17, 15) is 26.7 Å². The Bertz CT molecular complexity index is 684. The number of rotatable bonds is 5. The summed E-state index contributed by atoms with van der Waals surface area (Å²) in [4.78, 5) is 11.9. The van der Waals surface area contributed by atoms with Crippen molar-refractivity contribution in [1.29, 1.82) is 0 Å². The van der Waals surface area contributed by atoms with Crippen molar-refractivity contribution in [3.8, 4) is 11.5 Å². The number of carbonyl (C=O) groups is 1. The molecule has 0 aliphatic heterocycles. The third-order valence-electron chi connectivity index (χ3n) is 2.69. The van der Waals surface area contributed by atoms with Gasteiger partial charge in [-0.1, -0.05) is 0 Å². The van der Waals surface area contributed by atoms with Gasteiger partial charge in [0.1, 0.15) is 11.5 Å². The molecule has 0 bridgehead atoms. The van der Waals surface area contributed by atoms with E-state index in [1.807, 2.05) is 0 Å². The minimum absolute atomic E-state index is 0.102. The normalized spacial score (nSPS) is 11.2. The third-order valence-corrected chi connectivity index (χ3v) is 2.69. The summed E-state index contributed by atoms with van der Waals surface area (Å²) in [5.41, 5.74) is 0.398. The van der Waals surface area contributed by atoms with Gasteiger partial charge in [-0.2, -0.15) is 8.78 Å². The lowest BCUT2D eigenvalue weighted by atomic mass is 10.2. The van der Waals surface area contributed by atoms with E-state index in [4.69, 9.17) is 0 Å². The molecule has 0 aliphatic carbocycles. The zero-order valence-corrected chi connectivity index (χ0v) is 11.8. The second-order valence-electron chi connectivity index (χ2n) is 4.43. The van der Waals surface area contributed by atoms with Crippen molar-refractivity contribution in [1.82, 2.24) is 0 Å². The van der Waals surface area contributed by atoms with Gasteiger partial charge in [-0.3, -0.25) is 4.79 Å². The topological polar surface area (TPSA) is 47.6 Å². The molecule has 1 N–H and O–H groups in total. The van der Waals surface area contributed by atoms with E-state index in [0.717, 1.165) is 12.1 Å². The number of anilines is 1. The fourth-order valence-corrected chi connectivity index (χ4v) is 1.73. The van der Waals surface area contributed by atoms with Crippen molar-refractivity contribution < 1.29 is 36.2 Å². The van der Waals surface area contributed by atoms with Gasteiger partial charge < -0.3 is 14.8 Å². The van der Waals surface area contributed by atoms with Crippen LogP contribution >= 0.6 is 0 Å². The molecule has 0 saturated heterocycles. The van der Waals surface area contributed by atoms with Gasteiger partial charge in [0.15, 0.2) is 0 Å². The number of carbonyl (C=O) groups excluding carboxylic acids is 1. The van der Waals surface area contributed by atoms with Crippen LogP contribution in [0.2, 0.25) is 0 Å². The summed E-state index contributed by atoms with van der Waals surface area (Å²) in [7, 11) is 0. The maximum Gasteiger partial charge on any atom is 0.573 e. The average Bonchev–Trinajstić information content (AvgIpc) is 2.48. The van der Waals surface area contributed by atoms with E-state index >= 15 is 0 Å². The first kappa shape index (κ1) is 17.5. The Morgan fingerprint density at radius 3 is 1.96 bits per heavy atom. The summed E-state index contributed by atoms with van der Waals surface area (Å²) < 4.78 is 68.0. The highest BCUT2D eigenvalue weighted by atomic mass is 19.4. The van der Waals surface area contributed by atoms with Crippen LogP contribution in [0.3, 0.4) is 0 Å². The Morgan fingerprint density at radius 1 is 0.917 bits per heavy atom. The summed E-state index contributed by atoms with van der Waals surface area (Å²) >= 11 is 0. The maximum atomic E-state index is 12.0. The van der Waals surface area contributed by atoms with Crippen LogP contribution in [0.4, 0.5) is 27.6 Å². The molecular weight excluding hydrogens is 337 g/mol. The van der Waals surface area contributed by atoms with Gasteiger partial charge >= 0.3 is 13.0 Å². The van der Waals surface area contributed by atoms with E-state index in [0.29, 0.717) is 0 Å². The van der Waals surface area contributed by atoms with Gasteiger partial charge in [0.05, 0.1) is 0 Å². The molecular formula is C15H10F5NO3. The molecule has 2 rings (SSSR count). The third kappa shape index (κ3) is 5.41. The van der Waals surface area contributed by atoms with E-state index < -0.39 is 24.6 Å². The molecule has 4 nitrogen and oxygen atoms in total. The van der Waals surface area contributed by atoms with E-state index in [1.165, 1.54) is 36.4 Å². The molecule has 0 fully saturated rings. The minimum atomic E-state index is -4.80. The molecule has 1 amide bonds. The van der Waals surface area contributed by atoms with Crippen molar-refractivity contribution in [3.05, 3.63) is 54.1 Å². The van der Waals surface area contributed by atoms with Crippen LogP contribution in [0.5, 0.6) is 11.5 Å². The fraction of sp³-hybridized carbons (Fsp3) is 0.133. The predicted molar refractivity (Wildman–Crippen MR) is 74.2 cm³/mol. The molecule has 2 aromatic rings. The van der Waals surface area contributed by atoms with Crippen LogP contribution in [0.1, 0.15) is 10.4 Å². The summed E-state index contributed by atoms with van der Waals surface area (Å²) in [6.45, 7) is -2.97. The van der Waals surface area contributed by atoms with E-state index in [1.54, 1.807) is 0 Å². The summed E-state index contributed by atoms with van der Waals surface area (Å²) in [6, 6.07) is 9.48. The zero-order valence-electron chi connectivity index (χ0n) is 11.8. The largest absolute Gasteiger partial charge is 0.573 e. The Balaban J connectivity index is 1.99. The summed E-state index contributed by atoms with van der Waals surface area (Å²) in [5.74, 6) is -1.09. The number of nitrogens with one attached hydrogen (secondary N) is 1. The van der Waals surface area contributed by atoms with Gasteiger partial charge in [-0.25, -0.2) is 0 Å². The lowest BCUT2D eigenvalue weighted by Crippen LogP contribution is -2.17. The molecule has 0 aromatic heterocycles. The molecule has 9 heteroatoms. The summed E-state index contributed by atoms with van der Waals surface area (Å²) in [5, 5.41) is 2.44. The highest BCUT2D eigenvalue weighted by Crippen LogP contribution is 2.24. The highest BCUT2D eigenvalue weighted by molar-refractivity contribution is 6.04. The lowest BCUT2D eigenvalue weighted by Gasteiger charge is -2.10. The average molecular weight is 347 g/mol. The molecule has 0 atom stereocenters. The van der Waals surface area contributed by atoms with Crippen LogP contribution in [0.25, 0.3) is 0 Å². The van der Waals surface area contributed by atoms with E-state index in [2.05, 4.69) is 14.8 Å². The second kappa shape index (κ2) is 7.16. The van der Waals surface area contributed by atoms with Crippen molar-refractivity contribution in [3.63, 3.8) is 0 Å². The lowest BCUT2D eigenvalue weighted by molar-refractivity contribution is -0.274. The number of halogens is 5. The molecule has 128 valence electrons. The Kier molecular flexibility index (Phi) is 5.22. The quantitative estimate of drug-likeness (QED) is 0.814. The van der Waals surface area contributed by atoms with Gasteiger partial charge in [-0.15, -0.1) is 13.2 Å². The fourth-order valence-electron chi connectivity index (χ4n) is 1.73. The smallest absolute Gasteiger partial charge is 0.435 e. The minimum Gasteiger partial charge on any atom is -0.435 e. The van der Waals surface area contributed by atoms with Crippen molar-refractivity contribution in [2.24, 2.45) is 0 Å². The number of alkyl halides is 5. The first-order valence-corrected chi connectivity index (χ1v) is 6.45. The standard InChI is InChI=1S/C15H10F5NO3/c16-14(17)23-11-5-1-9(2-6-11)13(22)21-10-3-7-12(8-4-10)24-15(18,19)20/h1-8,14H,(H,21,22). The van der Waals surface area contributed by atoms with Gasteiger partial charge in [0, 0.05) is 11.3 Å². The molecule has 0 spiro atoms.